The number of methoxy groups -OCH3 is 1. The predicted molar refractivity (Wildman–Crippen MR) is 55.8 cm³/mol. The highest BCUT2D eigenvalue weighted by Gasteiger charge is 2.40. The molecule has 0 saturated carbocycles. The summed E-state index contributed by atoms with van der Waals surface area (Å²) < 4.78 is 5.49. The predicted octanol–water partition coefficient (Wildman–Crippen LogP) is 2.05. The molecule has 0 spiro atoms. The highest BCUT2D eigenvalue weighted by atomic mass is 16.5. The van der Waals surface area contributed by atoms with Gasteiger partial charge in [-0.2, -0.15) is 0 Å². The molecule has 78 valence electrons. The number of ether oxygens (including phenoxy) is 1. The van der Waals surface area contributed by atoms with Crippen molar-refractivity contribution in [2.24, 2.45) is 11.3 Å². The lowest BCUT2D eigenvalue weighted by molar-refractivity contribution is -0.0205. The number of nitrogens with one attached hydrogen (secondary N) is 1. The Balaban J connectivity index is 2.61. The molecule has 1 rings (SSSR count). The average Bonchev–Trinajstić information content (AvgIpc) is 2.31. The minimum atomic E-state index is 0.00896. The van der Waals surface area contributed by atoms with Crippen molar-refractivity contribution in [1.29, 1.82) is 0 Å². The molecule has 1 N–H and O–H groups in total. The van der Waals surface area contributed by atoms with E-state index in [4.69, 9.17) is 4.74 Å². The summed E-state index contributed by atoms with van der Waals surface area (Å²) in [6.07, 6.45) is 1.13. The Morgan fingerprint density at radius 3 is 2.54 bits per heavy atom. The quantitative estimate of drug-likeness (QED) is 0.726. The molecule has 13 heavy (non-hydrogen) atoms. The number of hydrogen-bond acceptors (Lipinski definition) is 2. The van der Waals surface area contributed by atoms with Gasteiger partial charge < -0.3 is 10.1 Å². The molecular weight excluding hydrogens is 162 g/mol. The van der Waals surface area contributed by atoms with Crippen LogP contribution in [0.2, 0.25) is 0 Å². The maximum Gasteiger partial charge on any atom is 0.0628 e. The van der Waals surface area contributed by atoms with Gasteiger partial charge in [-0.25, -0.2) is 0 Å². The fourth-order valence-corrected chi connectivity index (χ4v) is 2.28. The van der Waals surface area contributed by atoms with E-state index < -0.39 is 0 Å². The van der Waals surface area contributed by atoms with E-state index in [0.717, 1.165) is 25.4 Å². The van der Waals surface area contributed by atoms with Crippen LogP contribution in [-0.2, 0) is 4.74 Å². The van der Waals surface area contributed by atoms with Gasteiger partial charge in [-0.15, -0.1) is 0 Å². The fraction of sp³-hybridized carbons (Fsp3) is 1.00. The third kappa shape index (κ3) is 2.44. The van der Waals surface area contributed by atoms with Crippen LogP contribution in [0.4, 0.5) is 0 Å². The Morgan fingerprint density at radius 1 is 1.54 bits per heavy atom. The van der Waals surface area contributed by atoms with Crippen LogP contribution in [0.25, 0.3) is 0 Å². The summed E-state index contributed by atoms with van der Waals surface area (Å²) in [5.41, 5.74) is 0.411. The Hall–Kier alpha value is -0.0800. The summed E-state index contributed by atoms with van der Waals surface area (Å²) in [6.45, 7) is 11.3. The van der Waals surface area contributed by atoms with Crippen molar-refractivity contribution in [3.63, 3.8) is 0 Å². The van der Waals surface area contributed by atoms with Gasteiger partial charge in [0.2, 0.25) is 0 Å². The zero-order valence-electron chi connectivity index (χ0n) is 9.61. The lowest BCUT2D eigenvalue weighted by Crippen LogP contribution is -2.36. The van der Waals surface area contributed by atoms with Crippen molar-refractivity contribution in [3.8, 4) is 0 Å². The van der Waals surface area contributed by atoms with Crippen molar-refractivity contribution in [1.82, 2.24) is 5.32 Å². The molecule has 1 aliphatic rings. The van der Waals surface area contributed by atoms with Crippen LogP contribution in [0.3, 0.4) is 0 Å². The van der Waals surface area contributed by atoms with Gasteiger partial charge in [0.15, 0.2) is 0 Å². The summed E-state index contributed by atoms with van der Waals surface area (Å²) >= 11 is 0. The molecule has 0 aromatic heterocycles. The number of rotatable bonds is 3. The number of hydrogen-bond donors (Lipinski definition) is 1. The Kier molecular flexibility index (Phi) is 3.03. The Morgan fingerprint density at radius 2 is 2.15 bits per heavy atom. The van der Waals surface area contributed by atoms with E-state index >= 15 is 0 Å². The lowest BCUT2D eigenvalue weighted by Gasteiger charge is -2.36. The first kappa shape index (κ1) is 11.0. The molecule has 1 heterocycles. The molecule has 0 amide bonds. The van der Waals surface area contributed by atoms with E-state index in [1.165, 1.54) is 0 Å². The standard InChI is InChI=1S/C11H23NO/c1-9-6-12-8-11(9,4)7-10(2,3)13-5/h9,12H,6-8H2,1-5H3. The van der Waals surface area contributed by atoms with Crippen molar-refractivity contribution < 1.29 is 4.74 Å². The Labute approximate surface area is 82.0 Å². The first-order valence-corrected chi connectivity index (χ1v) is 5.15. The maximum atomic E-state index is 5.49. The fourth-order valence-electron chi connectivity index (χ4n) is 2.28. The van der Waals surface area contributed by atoms with Gasteiger partial charge in [0.1, 0.15) is 0 Å². The smallest absolute Gasteiger partial charge is 0.0628 e. The summed E-state index contributed by atoms with van der Waals surface area (Å²) in [5.74, 6) is 0.752. The molecule has 2 unspecified atom stereocenters. The van der Waals surface area contributed by atoms with E-state index in [1.54, 1.807) is 7.11 Å². The van der Waals surface area contributed by atoms with Crippen LogP contribution in [0.5, 0.6) is 0 Å². The zero-order chi connectivity index (χ0) is 10.1. The molecule has 0 aromatic rings. The zero-order valence-corrected chi connectivity index (χ0v) is 9.61. The molecule has 0 aromatic carbocycles. The lowest BCUT2D eigenvalue weighted by atomic mass is 9.73. The van der Waals surface area contributed by atoms with Gasteiger partial charge in [0.05, 0.1) is 5.60 Å². The molecule has 1 saturated heterocycles. The van der Waals surface area contributed by atoms with Crippen LogP contribution in [0, 0.1) is 11.3 Å². The van der Waals surface area contributed by atoms with Crippen LogP contribution >= 0.6 is 0 Å². The van der Waals surface area contributed by atoms with Gasteiger partial charge in [-0.05, 0) is 38.1 Å². The second kappa shape index (κ2) is 3.58. The molecule has 2 atom stereocenters. The Bertz CT molecular complexity index is 179. The van der Waals surface area contributed by atoms with Crippen molar-refractivity contribution in [2.75, 3.05) is 20.2 Å². The van der Waals surface area contributed by atoms with E-state index in [-0.39, 0.29) is 5.60 Å². The van der Waals surface area contributed by atoms with E-state index in [0.29, 0.717) is 5.41 Å². The summed E-state index contributed by atoms with van der Waals surface area (Å²) in [7, 11) is 1.80. The minimum Gasteiger partial charge on any atom is -0.379 e. The van der Waals surface area contributed by atoms with E-state index in [2.05, 4.69) is 33.0 Å². The van der Waals surface area contributed by atoms with Crippen molar-refractivity contribution in [2.45, 2.75) is 39.7 Å². The van der Waals surface area contributed by atoms with Crippen LogP contribution in [-0.4, -0.2) is 25.8 Å². The topological polar surface area (TPSA) is 21.3 Å². The molecule has 1 fully saturated rings. The third-order valence-corrected chi connectivity index (χ3v) is 3.55. The first-order valence-electron chi connectivity index (χ1n) is 5.15. The second-order valence-electron chi connectivity index (χ2n) is 5.33. The summed E-state index contributed by atoms with van der Waals surface area (Å²) in [4.78, 5) is 0. The molecular formula is C11H23NO. The average molecular weight is 185 g/mol. The van der Waals surface area contributed by atoms with Gasteiger partial charge >= 0.3 is 0 Å². The van der Waals surface area contributed by atoms with Crippen molar-refractivity contribution >= 4 is 0 Å². The molecule has 2 heteroatoms. The van der Waals surface area contributed by atoms with Gasteiger partial charge in [0.25, 0.3) is 0 Å². The van der Waals surface area contributed by atoms with Crippen molar-refractivity contribution in [3.05, 3.63) is 0 Å². The maximum absolute atomic E-state index is 5.49. The molecule has 1 aliphatic heterocycles. The van der Waals surface area contributed by atoms with Crippen LogP contribution in [0.1, 0.15) is 34.1 Å². The minimum absolute atomic E-state index is 0.00896. The summed E-state index contributed by atoms with van der Waals surface area (Å²) in [6, 6.07) is 0. The second-order valence-corrected chi connectivity index (χ2v) is 5.33. The normalized spacial score (nSPS) is 35.3. The van der Waals surface area contributed by atoms with Gasteiger partial charge in [-0.3, -0.25) is 0 Å². The highest BCUT2D eigenvalue weighted by molar-refractivity contribution is 4.93. The van der Waals surface area contributed by atoms with Crippen LogP contribution in [0.15, 0.2) is 0 Å². The molecule has 0 bridgehead atoms. The van der Waals surface area contributed by atoms with E-state index in [1.807, 2.05) is 0 Å². The summed E-state index contributed by atoms with van der Waals surface area (Å²) in [5, 5.41) is 3.45. The first-order chi connectivity index (χ1) is 5.90. The van der Waals surface area contributed by atoms with Crippen LogP contribution < -0.4 is 5.32 Å². The van der Waals surface area contributed by atoms with Gasteiger partial charge in [-0.1, -0.05) is 13.8 Å². The monoisotopic (exact) mass is 185 g/mol. The SMILES string of the molecule is COC(C)(C)CC1(C)CNCC1C. The van der Waals surface area contributed by atoms with Gasteiger partial charge in [0, 0.05) is 13.7 Å². The van der Waals surface area contributed by atoms with E-state index in [9.17, 15) is 0 Å². The highest BCUT2D eigenvalue weighted by Crippen LogP contribution is 2.39. The largest absolute Gasteiger partial charge is 0.379 e. The molecule has 2 nitrogen and oxygen atoms in total. The molecule has 0 radical (unpaired) electrons. The third-order valence-electron chi connectivity index (χ3n) is 3.55. The molecule has 0 aliphatic carbocycles.